The fourth-order valence-corrected chi connectivity index (χ4v) is 2.54. The summed E-state index contributed by atoms with van der Waals surface area (Å²) in [6, 6.07) is 10.5. The van der Waals surface area contributed by atoms with Gasteiger partial charge in [0.1, 0.15) is 12.5 Å². The number of nitro benzene ring substituents is 1. The van der Waals surface area contributed by atoms with Gasteiger partial charge in [0.2, 0.25) is 0 Å². The number of non-ortho nitro benzene ring substituents is 1. The Bertz CT molecular complexity index is 738. The SMILES string of the molecule is NCOS(=O)c1cccc(NCc2cc([N+](=O)[O-])ccc2O)c1. The van der Waals surface area contributed by atoms with Gasteiger partial charge in [-0.2, -0.15) is 0 Å². The zero-order chi connectivity index (χ0) is 16.8. The van der Waals surface area contributed by atoms with Crippen molar-refractivity contribution < 1.29 is 18.4 Å². The minimum Gasteiger partial charge on any atom is -0.508 e. The molecule has 0 aliphatic carbocycles. The summed E-state index contributed by atoms with van der Waals surface area (Å²) in [5, 5.41) is 23.5. The normalized spacial score (nSPS) is 11.9. The first-order valence-corrected chi connectivity index (χ1v) is 7.64. The molecule has 23 heavy (non-hydrogen) atoms. The number of nitrogens with two attached hydrogens (primary N) is 1. The number of benzene rings is 2. The molecule has 9 heteroatoms. The predicted octanol–water partition coefficient (Wildman–Crippen LogP) is 1.87. The predicted molar refractivity (Wildman–Crippen MR) is 85.1 cm³/mol. The van der Waals surface area contributed by atoms with Gasteiger partial charge in [-0.05, 0) is 24.3 Å². The maximum absolute atomic E-state index is 11.7. The summed E-state index contributed by atoms with van der Waals surface area (Å²) in [6.45, 7) is 0.00711. The van der Waals surface area contributed by atoms with Gasteiger partial charge in [0.15, 0.2) is 11.1 Å². The third kappa shape index (κ3) is 4.49. The van der Waals surface area contributed by atoms with Crippen LogP contribution in [-0.2, 0) is 21.8 Å². The molecule has 0 saturated heterocycles. The smallest absolute Gasteiger partial charge is 0.270 e. The van der Waals surface area contributed by atoms with Crippen LogP contribution in [0.5, 0.6) is 5.75 Å². The molecule has 2 aromatic carbocycles. The molecule has 0 bridgehead atoms. The Morgan fingerprint density at radius 3 is 2.78 bits per heavy atom. The lowest BCUT2D eigenvalue weighted by atomic mass is 10.1. The van der Waals surface area contributed by atoms with Crippen molar-refractivity contribution in [2.45, 2.75) is 11.4 Å². The molecule has 0 heterocycles. The second-order valence-electron chi connectivity index (χ2n) is 4.47. The zero-order valence-electron chi connectivity index (χ0n) is 12.0. The summed E-state index contributed by atoms with van der Waals surface area (Å²) in [6.07, 6.45) is 0. The van der Waals surface area contributed by atoms with Crippen LogP contribution < -0.4 is 11.1 Å². The van der Waals surface area contributed by atoms with E-state index in [0.29, 0.717) is 16.1 Å². The van der Waals surface area contributed by atoms with E-state index < -0.39 is 16.0 Å². The van der Waals surface area contributed by atoms with Crippen LogP contribution in [0.25, 0.3) is 0 Å². The summed E-state index contributed by atoms with van der Waals surface area (Å²) in [4.78, 5) is 10.7. The Kier molecular flexibility index (Phi) is 5.63. The van der Waals surface area contributed by atoms with Crippen LogP contribution in [0.2, 0.25) is 0 Å². The molecule has 4 N–H and O–H groups in total. The quantitative estimate of drug-likeness (QED) is 0.400. The van der Waals surface area contributed by atoms with Crippen molar-refractivity contribution in [1.29, 1.82) is 0 Å². The highest BCUT2D eigenvalue weighted by atomic mass is 32.2. The molecule has 0 amide bonds. The van der Waals surface area contributed by atoms with E-state index in [2.05, 4.69) is 5.32 Å². The van der Waals surface area contributed by atoms with E-state index in [-0.39, 0.29) is 24.7 Å². The Balaban J connectivity index is 2.12. The zero-order valence-corrected chi connectivity index (χ0v) is 12.8. The van der Waals surface area contributed by atoms with E-state index in [1.807, 2.05) is 0 Å². The summed E-state index contributed by atoms with van der Waals surface area (Å²) in [5.41, 5.74) is 6.08. The molecule has 2 aromatic rings. The lowest BCUT2D eigenvalue weighted by molar-refractivity contribution is -0.384. The van der Waals surface area contributed by atoms with Crippen molar-refractivity contribution in [1.82, 2.24) is 0 Å². The molecule has 122 valence electrons. The Morgan fingerprint density at radius 1 is 1.30 bits per heavy atom. The first-order valence-electron chi connectivity index (χ1n) is 6.56. The van der Waals surface area contributed by atoms with E-state index in [0.717, 1.165) is 0 Å². The van der Waals surface area contributed by atoms with Crippen molar-refractivity contribution in [3.05, 3.63) is 58.1 Å². The molecule has 0 fully saturated rings. The summed E-state index contributed by atoms with van der Waals surface area (Å²) < 4.78 is 16.5. The third-order valence-electron chi connectivity index (χ3n) is 2.96. The largest absolute Gasteiger partial charge is 0.508 e. The number of nitro groups is 1. The number of phenolic OH excluding ortho intramolecular Hbond substituents is 1. The van der Waals surface area contributed by atoms with Gasteiger partial charge in [-0.1, -0.05) is 6.07 Å². The highest BCUT2D eigenvalue weighted by Crippen LogP contribution is 2.24. The van der Waals surface area contributed by atoms with Crippen LogP contribution in [0.4, 0.5) is 11.4 Å². The van der Waals surface area contributed by atoms with Gasteiger partial charge < -0.3 is 16.2 Å². The van der Waals surface area contributed by atoms with Crippen LogP contribution in [0.1, 0.15) is 5.56 Å². The van der Waals surface area contributed by atoms with Gasteiger partial charge in [-0.25, -0.2) is 4.21 Å². The van der Waals surface area contributed by atoms with Gasteiger partial charge in [0.25, 0.3) is 5.69 Å². The minimum atomic E-state index is -1.66. The molecular formula is C14H15N3O5S. The molecule has 1 atom stereocenters. The fraction of sp³-hybridized carbons (Fsp3) is 0.143. The highest BCUT2D eigenvalue weighted by molar-refractivity contribution is 7.80. The topological polar surface area (TPSA) is 128 Å². The molecular weight excluding hydrogens is 322 g/mol. The highest BCUT2D eigenvalue weighted by Gasteiger charge is 2.10. The molecule has 0 aliphatic rings. The standard InChI is InChI=1S/C14H15N3O5S/c15-9-22-23(21)13-3-1-2-11(7-13)16-8-10-6-12(17(19)20)4-5-14(10)18/h1-7,16,18H,8-9,15H2. The average molecular weight is 337 g/mol. The third-order valence-corrected chi connectivity index (χ3v) is 3.95. The van der Waals surface area contributed by atoms with Gasteiger partial charge in [-0.3, -0.25) is 14.3 Å². The number of aromatic hydroxyl groups is 1. The molecule has 0 aliphatic heterocycles. The van der Waals surface area contributed by atoms with Crippen molar-refractivity contribution >= 4 is 22.5 Å². The van der Waals surface area contributed by atoms with Crippen LogP contribution in [0.3, 0.4) is 0 Å². The van der Waals surface area contributed by atoms with Gasteiger partial charge in [0.05, 0.1) is 9.82 Å². The summed E-state index contributed by atoms with van der Waals surface area (Å²) in [5.74, 6) is -0.0469. The number of phenols is 1. The minimum absolute atomic E-state index is 0.0469. The molecule has 8 nitrogen and oxygen atoms in total. The number of anilines is 1. The second-order valence-corrected chi connectivity index (χ2v) is 5.65. The van der Waals surface area contributed by atoms with Crippen molar-refractivity contribution in [2.24, 2.45) is 5.73 Å². The van der Waals surface area contributed by atoms with Crippen molar-refractivity contribution in [2.75, 3.05) is 12.0 Å². The first-order chi connectivity index (χ1) is 11.0. The summed E-state index contributed by atoms with van der Waals surface area (Å²) >= 11 is -1.66. The number of nitrogens with zero attached hydrogens (tertiary/aromatic N) is 1. The number of nitrogens with one attached hydrogen (secondary N) is 1. The molecule has 1 unspecified atom stereocenters. The first kappa shape index (κ1) is 16.9. The lowest BCUT2D eigenvalue weighted by Gasteiger charge is -2.09. The Labute approximate surface area is 134 Å². The van der Waals surface area contributed by atoms with Crippen LogP contribution in [0, 0.1) is 10.1 Å². The van der Waals surface area contributed by atoms with Crippen LogP contribution in [0.15, 0.2) is 47.4 Å². The van der Waals surface area contributed by atoms with Crippen molar-refractivity contribution in [3.63, 3.8) is 0 Å². The monoisotopic (exact) mass is 337 g/mol. The Hall–Kier alpha value is -2.49. The number of rotatable bonds is 7. The Morgan fingerprint density at radius 2 is 2.09 bits per heavy atom. The van der Waals surface area contributed by atoms with Gasteiger partial charge in [0, 0.05) is 29.9 Å². The van der Waals surface area contributed by atoms with E-state index in [9.17, 15) is 19.4 Å². The second kappa shape index (κ2) is 7.68. The van der Waals surface area contributed by atoms with E-state index in [4.69, 9.17) is 9.92 Å². The average Bonchev–Trinajstić information content (AvgIpc) is 2.54. The number of hydrogen-bond donors (Lipinski definition) is 3. The lowest BCUT2D eigenvalue weighted by Crippen LogP contribution is -2.07. The fourth-order valence-electron chi connectivity index (χ4n) is 1.86. The van der Waals surface area contributed by atoms with E-state index in [1.54, 1.807) is 24.3 Å². The molecule has 0 aromatic heterocycles. The molecule has 0 radical (unpaired) electrons. The van der Waals surface area contributed by atoms with Gasteiger partial charge in [-0.15, -0.1) is 0 Å². The van der Waals surface area contributed by atoms with Crippen LogP contribution >= 0.6 is 0 Å². The maximum Gasteiger partial charge on any atom is 0.270 e. The van der Waals surface area contributed by atoms with Crippen molar-refractivity contribution in [3.8, 4) is 5.75 Å². The molecule has 2 rings (SSSR count). The summed E-state index contributed by atoms with van der Waals surface area (Å²) in [7, 11) is 0. The van der Waals surface area contributed by atoms with Crippen LogP contribution in [-0.4, -0.2) is 21.0 Å². The number of hydrogen-bond acceptors (Lipinski definition) is 7. The maximum atomic E-state index is 11.7. The molecule has 0 saturated carbocycles. The van der Waals surface area contributed by atoms with Gasteiger partial charge >= 0.3 is 0 Å². The molecule has 0 spiro atoms. The van der Waals surface area contributed by atoms with E-state index in [1.165, 1.54) is 18.2 Å². The van der Waals surface area contributed by atoms with E-state index >= 15 is 0 Å².